The van der Waals surface area contributed by atoms with Crippen LogP contribution in [0.25, 0.3) is 0 Å². The Labute approximate surface area is 260 Å². The summed E-state index contributed by atoms with van der Waals surface area (Å²) in [5, 5.41) is 31.6. The van der Waals surface area contributed by atoms with Crippen molar-refractivity contribution in [3.63, 3.8) is 0 Å². The van der Waals surface area contributed by atoms with Crippen LogP contribution in [0.1, 0.15) is 48.9 Å². The Morgan fingerprint density at radius 3 is 2.59 bits per heavy atom. The number of amides is 3. The number of aliphatic hydroxyl groups excluding tert-OH is 2. The number of fused-ring (bicyclic) bond motifs is 1. The van der Waals surface area contributed by atoms with Crippen molar-refractivity contribution in [1.29, 1.82) is 0 Å². The number of benzene rings is 2. The van der Waals surface area contributed by atoms with E-state index in [4.69, 9.17) is 9.26 Å². The number of carbonyl (C=O) groups excluding carboxylic acids is 3. The van der Waals surface area contributed by atoms with Gasteiger partial charge >= 0.3 is 0 Å². The van der Waals surface area contributed by atoms with Gasteiger partial charge in [0.2, 0.25) is 11.8 Å². The number of para-hydroxylation sites is 1. The summed E-state index contributed by atoms with van der Waals surface area (Å²) in [6, 6.07) is 16.7. The number of aryl methyl sites for hydroxylation is 1. The van der Waals surface area contributed by atoms with Gasteiger partial charge < -0.3 is 35.0 Å². The summed E-state index contributed by atoms with van der Waals surface area (Å²) in [5.41, 5.74) is 2.20. The summed E-state index contributed by atoms with van der Waals surface area (Å²) < 4.78 is 10.2. The van der Waals surface area contributed by atoms with E-state index >= 15 is 0 Å². The molecule has 2 aliphatic heterocycles. The number of ether oxygens (including phenoxy) is 1. The first-order valence-corrected chi connectivity index (χ1v) is 15.6. The molecular formula is C32H38N4O7S. The van der Waals surface area contributed by atoms with Gasteiger partial charge in [0.1, 0.15) is 30.6 Å². The monoisotopic (exact) mass is 622 g/mol. The van der Waals surface area contributed by atoms with Crippen LogP contribution in [0.3, 0.4) is 0 Å². The molecule has 0 aliphatic carbocycles. The average molecular weight is 623 g/mol. The molecule has 2 aromatic carbocycles. The lowest BCUT2D eigenvalue weighted by molar-refractivity contribution is -0.147. The molecule has 3 heterocycles. The Bertz CT molecular complexity index is 1480. The van der Waals surface area contributed by atoms with Crippen molar-refractivity contribution in [2.45, 2.75) is 69.2 Å². The Kier molecular flexibility index (Phi) is 9.62. The zero-order chi connectivity index (χ0) is 31.4. The van der Waals surface area contributed by atoms with Crippen LogP contribution in [-0.2, 0) is 27.3 Å². The second kappa shape index (κ2) is 13.4. The fourth-order valence-electron chi connectivity index (χ4n) is 5.72. The highest BCUT2D eigenvalue weighted by atomic mass is 32.2. The second-order valence-corrected chi connectivity index (χ2v) is 13.4. The molecule has 44 heavy (non-hydrogen) atoms. The van der Waals surface area contributed by atoms with Gasteiger partial charge in [-0.3, -0.25) is 14.4 Å². The third-order valence-electron chi connectivity index (χ3n) is 8.03. The molecule has 5 rings (SSSR count). The number of rotatable bonds is 10. The highest BCUT2D eigenvalue weighted by Crippen LogP contribution is 2.40. The van der Waals surface area contributed by atoms with Gasteiger partial charge in [0.25, 0.3) is 5.91 Å². The molecule has 3 amide bonds. The minimum atomic E-state index is -1.54. The summed E-state index contributed by atoms with van der Waals surface area (Å²) in [5.74, 6) is -0.929. The molecule has 0 saturated carbocycles. The number of aliphatic hydroxyl groups is 2. The first kappa shape index (κ1) is 31.6. The van der Waals surface area contributed by atoms with Crippen molar-refractivity contribution < 1.29 is 33.9 Å². The predicted molar refractivity (Wildman–Crippen MR) is 163 cm³/mol. The molecule has 5 atom stereocenters. The molecule has 234 valence electrons. The summed E-state index contributed by atoms with van der Waals surface area (Å²) in [4.78, 5) is 42.2. The van der Waals surface area contributed by atoms with Crippen molar-refractivity contribution in [3.05, 3.63) is 83.2 Å². The number of thioether (sulfide) groups is 1. The molecule has 2 aliphatic rings. The fraction of sp³-hybridized carbons (Fsp3) is 0.438. The largest absolute Gasteiger partial charge is 0.490 e. The minimum Gasteiger partial charge on any atom is -0.490 e. The molecular weight excluding hydrogens is 584 g/mol. The molecule has 0 bridgehead atoms. The number of nitrogens with one attached hydrogen (secondary N) is 2. The molecule has 3 aromatic rings. The fourth-order valence-corrected chi connectivity index (χ4v) is 6.86. The van der Waals surface area contributed by atoms with E-state index in [9.17, 15) is 24.6 Å². The normalized spacial score (nSPS) is 21.9. The van der Waals surface area contributed by atoms with Gasteiger partial charge in [-0.25, -0.2) is 0 Å². The van der Waals surface area contributed by atoms with E-state index in [1.807, 2.05) is 50.2 Å². The van der Waals surface area contributed by atoms with E-state index in [0.717, 1.165) is 5.56 Å². The maximum absolute atomic E-state index is 13.8. The van der Waals surface area contributed by atoms with Crippen LogP contribution in [0.4, 0.5) is 0 Å². The standard InChI is InChI=1S/C32H38N4O7S/c1-19-13-22(43-35-19)16-33-30(40)28-32(2,3)44-18-36(28)31(41)24(37)15-21(14-20-9-5-4-6-10-20)29(39)34-27-23-11-7-8-12-26(23)42-17-25(27)38/h4-13,21,24-25,27-28,37-38H,14-18H2,1-3H3,(H,33,40)(H,34,39)/t21-,24-,25+,27-,28+/m0/s1. The second-order valence-electron chi connectivity index (χ2n) is 11.8. The van der Waals surface area contributed by atoms with Crippen molar-refractivity contribution >= 4 is 29.5 Å². The molecule has 0 unspecified atom stereocenters. The van der Waals surface area contributed by atoms with Gasteiger partial charge in [0.15, 0.2) is 5.76 Å². The van der Waals surface area contributed by atoms with Gasteiger partial charge in [-0.2, -0.15) is 0 Å². The molecule has 4 N–H and O–H groups in total. The van der Waals surface area contributed by atoms with Crippen molar-refractivity contribution in [2.24, 2.45) is 5.92 Å². The minimum absolute atomic E-state index is 0.0222. The Morgan fingerprint density at radius 1 is 1.14 bits per heavy atom. The zero-order valence-electron chi connectivity index (χ0n) is 24.9. The summed E-state index contributed by atoms with van der Waals surface area (Å²) in [7, 11) is 0. The van der Waals surface area contributed by atoms with E-state index < -0.39 is 46.8 Å². The van der Waals surface area contributed by atoms with E-state index in [0.29, 0.717) is 22.8 Å². The molecule has 0 spiro atoms. The molecule has 1 saturated heterocycles. The lowest BCUT2D eigenvalue weighted by atomic mass is 9.90. The van der Waals surface area contributed by atoms with Crippen LogP contribution >= 0.6 is 11.8 Å². The van der Waals surface area contributed by atoms with Crippen LogP contribution in [0.5, 0.6) is 5.75 Å². The van der Waals surface area contributed by atoms with Gasteiger partial charge in [-0.1, -0.05) is 53.7 Å². The number of nitrogens with zero attached hydrogens (tertiary/aromatic N) is 2. The quantitative estimate of drug-likeness (QED) is 0.267. The van der Waals surface area contributed by atoms with Crippen LogP contribution in [0, 0.1) is 12.8 Å². The van der Waals surface area contributed by atoms with Crippen LogP contribution < -0.4 is 15.4 Å². The molecule has 1 fully saturated rings. The van der Waals surface area contributed by atoms with E-state index in [1.54, 1.807) is 31.2 Å². The number of carbonyl (C=O) groups is 3. The lowest BCUT2D eigenvalue weighted by Crippen LogP contribution is -2.55. The van der Waals surface area contributed by atoms with E-state index in [2.05, 4.69) is 15.8 Å². The summed E-state index contributed by atoms with van der Waals surface area (Å²) in [6.45, 7) is 5.67. The SMILES string of the molecule is Cc1cc(CNC(=O)[C@H]2N(C(=O)[C@@H](O)C[C@H](Cc3ccccc3)C(=O)N[C@H]3c4ccccc4OC[C@H]3O)CSC2(C)C)on1. The van der Waals surface area contributed by atoms with Gasteiger partial charge in [0.05, 0.1) is 24.2 Å². The zero-order valence-corrected chi connectivity index (χ0v) is 25.8. The lowest BCUT2D eigenvalue weighted by Gasteiger charge is -2.33. The van der Waals surface area contributed by atoms with E-state index in [1.165, 1.54) is 16.7 Å². The van der Waals surface area contributed by atoms with Crippen molar-refractivity contribution in [2.75, 3.05) is 12.5 Å². The van der Waals surface area contributed by atoms with Crippen LogP contribution in [-0.4, -0.2) is 73.5 Å². The maximum Gasteiger partial charge on any atom is 0.252 e. The topological polar surface area (TPSA) is 154 Å². The van der Waals surface area contributed by atoms with Gasteiger partial charge in [0, 0.05) is 22.3 Å². The third kappa shape index (κ3) is 7.09. The Balaban J connectivity index is 1.31. The molecule has 1 aromatic heterocycles. The van der Waals surface area contributed by atoms with Gasteiger partial charge in [-0.15, -0.1) is 11.8 Å². The third-order valence-corrected chi connectivity index (χ3v) is 9.40. The highest BCUT2D eigenvalue weighted by Gasteiger charge is 2.49. The van der Waals surface area contributed by atoms with Gasteiger partial charge in [-0.05, 0) is 45.2 Å². The first-order chi connectivity index (χ1) is 21.0. The van der Waals surface area contributed by atoms with Crippen LogP contribution in [0.2, 0.25) is 0 Å². The average Bonchev–Trinajstić information content (AvgIpc) is 3.58. The van der Waals surface area contributed by atoms with Crippen LogP contribution in [0.15, 0.2) is 65.2 Å². The maximum atomic E-state index is 13.8. The number of hydrogen-bond acceptors (Lipinski definition) is 9. The highest BCUT2D eigenvalue weighted by molar-refractivity contribution is 8.00. The number of hydrogen-bond donors (Lipinski definition) is 4. The Hall–Kier alpha value is -3.87. The molecule has 0 radical (unpaired) electrons. The number of aromatic nitrogens is 1. The predicted octanol–water partition coefficient (Wildman–Crippen LogP) is 2.50. The van der Waals surface area contributed by atoms with Crippen molar-refractivity contribution in [1.82, 2.24) is 20.7 Å². The Morgan fingerprint density at radius 2 is 1.86 bits per heavy atom. The van der Waals surface area contributed by atoms with E-state index in [-0.39, 0.29) is 37.8 Å². The smallest absolute Gasteiger partial charge is 0.252 e. The summed E-state index contributed by atoms with van der Waals surface area (Å²) >= 11 is 1.44. The first-order valence-electron chi connectivity index (χ1n) is 14.6. The summed E-state index contributed by atoms with van der Waals surface area (Å²) in [6.07, 6.45) is -2.42. The molecule has 11 nitrogen and oxygen atoms in total. The molecule has 12 heteroatoms. The van der Waals surface area contributed by atoms with Crippen molar-refractivity contribution in [3.8, 4) is 5.75 Å².